The Hall–Kier alpha value is -0.915. The molecule has 2 heterocycles. The zero-order valence-electron chi connectivity index (χ0n) is 16.0. The molecule has 2 aliphatic heterocycles. The zero-order chi connectivity index (χ0) is 18.1. The first kappa shape index (κ1) is 18.9. The minimum Gasteiger partial charge on any atom is -0.399 e. The highest BCUT2D eigenvalue weighted by Crippen LogP contribution is 2.37. The largest absolute Gasteiger partial charge is 0.494 e. The molecule has 3 rings (SSSR count). The van der Waals surface area contributed by atoms with Crippen LogP contribution in [0.5, 0.6) is 0 Å². The number of hydrogen-bond donors (Lipinski definition) is 0. The molecule has 6 heteroatoms. The minimum atomic E-state index is -0.382. The average molecular weight is 348 g/mol. The predicted molar refractivity (Wildman–Crippen MR) is 97.1 cm³/mol. The van der Waals surface area contributed by atoms with Gasteiger partial charge in [0.2, 0.25) is 0 Å². The number of rotatable bonds is 6. The topological polar surface area (TPSA) is 46.2 Å². The number of benzene rings is 1. The fourth-order valence-corrected chi connectivity index (χ4v) is 3.21. The molecule has 0 aliphatic carbocycles. The Bertz CT molecular complexity index is 562. The van der Waals surface area contributed by atoms with Gasteiger partial charge in [-0.2, -0.15) is 0 Å². The standard InChI is InChI=1S/C19H29BO5/c1-17(2)18(3,4)25-20(24-17)16-8-6-15(7-9-16)19(10-11-22-14-19)23-13-12-21-5/h6-9H,10-14H2,1-5H3/t19-/m0/s1. The molecule has 0 unspecified atom stereocenters. The minimum absolute atomic E-state index is 0.333. The molecular formula is C19H29BO5. The van der Waals surface area contributed by atoms with Gasteiger partial charge >= 0.3 is 7.12 Å². The average Bonchev–Trinajstić information content (AvgIpc) is 3.11. The van der Waals surface area contributed by atoms with Crippen LogP contribution >= 0.6 is 0 Å². The van der Waals surface area contributed by atoms with Crippen molar-refractivity contribution in [3.63, 3.8) is 0 Å². The molecule has 2 aliphatic rings. The van der Waals surface area contributed by atoms with E-state index in [9.17, 15) is 0 Å². The van der Waals surface area contributed by atoms with Crippen molar-refractivity contribution in [1.82, 2.24) is 0 Å². The summed E-state index contributed by atoms with van der Waals surface area (Å²) in [5.74, 6) is 0. The van der Waals surface area contributed by atoms with E-state index < -0.39 is 0 Å². The molecule has 0 N–H and O–H groups in total. The van der Waals surface area contributed by atoms with Crippen molar-refractivity contribution in [2.45, 2.75) is 50.9 Å². The smallest absolute Gasteiger partial charge is 0.399 e. The van der Waals surface area contributed by atoms with Gasteiger partial charge in [-0.25, -0.2) is 0 Å². The van der Waals surface area contributed by atoms with Crippen LogP contribution in [0, 0.1) is 0 Å². The van der Waals surface area contributed by atoms with Crippen LogP contribution in [-0.4, -0.2) is 51.9 Å². The zero-order valence-corrected chi connectivity index (χ0v) is 16.0. The van der Waals surface area contributed by atoms with E-state index in [1.54, 1.807) is 7.11 Å². The Morgan fingerprint density at radius 1 is 1.00 bits per heavy atom. The molecule has 5 nitrogen and oxygen atoms in total. The van der Waals surface area contributed by atoms with E-state index >= 15 is 0 Å². The molecule has 1 aromatic rings. The number of ether oxygens (including phenoxy) is 3. The molecular weight excluding hydrogens is 319 g/mol. The van der Waals surface area contributed by atoms with Crippen molar-refractivity contribution < 1.29 is 23.5 Å². The van der Waals surface area contributed by atoms with Crippen LogP contribution in [0.1, 0.15) is 39.7 Å². The van der Waals surface area contributed by atoms with E-state index in [0.29, 0.717) is 26.4 Å². The molecule has 0 saturated carbocycles. The van der Waals surface area contributed by atoms with E-state index in [1.807, 2.05) is 0 Å². The van der Waals surface area contributed by atoms with E-state index in [0.717, 1.165) is 17.4 Å². The summed E-state index contributed by atoms with van der Waals surface area (Å²) in [5, 5.41) is 0. The van der Waals surface area contributed by atoms with Gasteiger partial charge in [-0.1, -0.05) is 24.3 Å². The van der Waals surface area contributed by atoms with Gasteiger partial charge in [-0.3, -0.25) is 0 Å². The third-order valence-electron chi connectivity index (χ3n) is 5.61. The normalized spacial score (nSPS) is 27.8. The Morgan fingerprint density at radius 3 is 2.16 bits per heavy atom. The Morgan fingerprint density at radius 2 is 1.64 bits per heavy atom. The van der Waals surface area contributed by atoms with Crippen molar-refractivity contribution >= 4 is 12.6 Å². The van der Waals surface area contributed by atoms with Crippen LogP contribution in [0.15, 0.2) is 24.3 Å². The van der Waals surface area contributed by atoms with Crippen molar-refractivity contribution in [1.29, 1.82) is 0 Å². The fraction of sp³-hybridized carbons (Fsp3) is 0.684. The Kier molecular flexibility index (Phi) is 5.29. The van der Waals surface area contributed by atoms with Gasteiger partial charge in [0, 0.05) is 20.1 Å². The highest BCUT2D eigenvalue weighted by Gasteiger charge is 2.51. The molecule has 1 aromatic carbocycles. The first-order valence-electron chi connectivity index (χ1n) is 8.96. The summed E-state index contributed by atoms with van der Waals surface area (Å²) in [6, 6.07) is 8.33. The van der Waals surface area contributed by atoms with Crippen molar-refractivity contribution in [3.8, 4) is 0 Å². The lowest BCUT2D eigenvalue weighted by Crippen LogP contribution is -2.41. The monoisotopic (exact) mass is 348 g/mol. The molecule has 0 amide bonds. The van der Waals surface area contributed by atoms with Crippen LogP contribution < -0.4 is 5.46 Å². The van der Waals surface area contributed by atoms with E-state index in [-0.39, 0.29) is 23.9 Å². The summed E-state index contributed by atoms with van der Waals surface area (Å²) in [4.78, 5) is 0. The first-order valence-corrected chi connectivity index (χ1v) is 8.96. The van der Waals surface area contributed by atoms with Gasteiger partial charge in [-0.15, -0.1) is 0 Å². The van der Waals surface area contributed by atoms with Crippen molar-refractivity contribution in [3.05, 3.63) is 29.8 Å². The molecule has 0 radical (unpaired) electrons. The van der Waals surface area contributed by atoms with Crippen LogP contribution in [-0.2, 0) is 29.1 Å². The molecule has 0 bridgehead atoms. The Balaban J connectivity index is 1.75. The summed E-state index contributed by atoms with van der Waals surface area (Å²) in [5.41, 5.74) is 1.10. The van der Waals surface area contributed by atoms with Crippen molar-refractivity contribution in [2.75, 3.05) is 33.5 Å². The lowest BCUT2D eigenvalue weighted by atomic mass is 9.78. The lowest BCUT2D eigenvalue weighted by molar-refractivity contribution is -0.0701. The summed E-state index contributed by atoms with van der Waals surface area (Å²) in [6.07, 6.45) is 0.854. The lowest BCUT2D eigenvalue weighted by Gasteiger charge is -2.32. The van der Waals surface area contributed by atoms with Gasteiger partial charge < -0.3 is 23.5 Å². The SMILES string of the molecule is COCCO[C@@]1(c2ccc(B3OC(C)(C)C(C)(C)O3)cc2)CCOC1. The summed E-state index contributed by atoms with van der Waals surface area (Å²) >= 11 is 0. The summed E-state index contributed by atoms with van der Waals surface area (Å²) in [6.45, 7) is 10.7. The van der Waals surface area contributed by atoms with Gasteiger partial charge in [-0.05, 0) is 38.7 Å². The summed E-state index contributed by atoms with van der Waals surface area (Å²) < 4.78 is 29.1. The third kappa shape index (κ3) is 3.64. The van der Waals surface area contributed by atoms with Crippen LogP contribution in [0.3, 0.4) is 0 Å². The summed E-state index contributed by atoms with van der Waals surface area (Å²) in [7, 11) is 1.34. The van der Waals surface area contributed by atoms with Crippen LogP contribution in [0.25, 0.3) is 0 Å². The second kappa shape index (κ2) is 7.01. The highest BCUT2D eigenvalue weighted by molar-refractivity contribution is 6.62. The second-order valence-corrected chi connectivity index (χ2v) is 7.85. The van der Waals surface area contributed by atoms with Crippen LogP contribution in [0.4, 0.5) is 0 Å². The van der Waals surface area contributed by atoms with Crippen molar-refractivity contribution in [2.24, 2.45) is 0 Å². The molecule has 138 valence electrons. The first-order chi connectivity index (χ1) is 11.8. The third-order valence-corrected chi connectivity index (χ3v) is 5.61. The molecule has 2 fully saturated rings. The second-order valence-electron chi connectivity index (χ2n) is 7.85. The van der Waals surface area contributed by atoms with E-state index in [2.05, 4.69) is 52.0 Å². The maximum atomic E-state index is 6.14. The molecule has 0 spiro atoms. The van der Waals surface area contributed by atoms with Gasteiger partial charge in [0.05, 0.1) is 31.0 Å². The van der Waals surface area contributed by atoms with Gasteiger partial charge in [0.15, 0.2) is 0 Å². The molecule has 2 saturated heterocycles. The van der Waals surface area contributed by atoms with E-state index in [4.69, 9.17) is 23.5 Å². The predicted octanol–water partition coefficient (Wildman–Crippen LogP) is 2.26. The maximum absolute atomic E-state index is 6.14. The quantitative estimate of drug-likeness (QED) is 0.583. The van der Waals surface area contributed by atoms with Crippen LogP contribution in [0.2, 0.25) is 0 Å². The highest BCUT2D eigenvalue weighted by atomic mass is 16.7. The van der Waals surface area contributed by atoms with E-state index in [1.165, 1.54) is 0 Å². The number of methoxy groups -OCH3 is 1. The van der Waals surface area contributed by atoms with Gasteiger partial charge in [0.25, 0.3) is 0 Å². The molecule has 1 atom stereocenters. The Labute approximate surface area is 151 Å². The number of hydrogen-bond acceptors (Lipinski definition) is 5. The molecule has 0 aromatic heterocycles. The van der Waals surface area contributed by atoms with Gasteiger partial charge in [0.1, 0.15) is 5.60 Å². The molecule has 25 heavy (non-hydrogen) atoms. The maximum Gasteiger partial charge on any atom is 0.494 e. The fourth-order valence-electron chi connectivity index (χ4n) is 3.21.